The molecule has 0 saturated heterocycles. The lowest BCUT2D eigenvalue weighted by Gasteiger charge is -2.23. The summed E-state index contributed by atoms with van der Waals surface area (Å²) in [5.74, 6) is -1.00. The molecule has 2 aromatic rings. The highest BCUT2D eigenvalue weighted by Gasteiger charge is 2.19. The fourth-order valence-corrected chi connectivity index (χ4v) is 3.29. The first-order valence-corrected chi connectivity index (χ1v) is 9.51. The number of hydrogen-bond donors (Lipinski definition) is 1. The molecule has 27 heavy (non-hydrogen) atoms. The van der Waals surface area contributed by atoms with Crippen LogP contribution in [-0.4, -0.2) is 60.3 Å². The van der Waals surface area contributed by atoms with Gasteiger partial charge < -0.3 is 15.1 Å². The summed E-state index contributed by atoms with van der Waals surface area (Å²) < 4.78 is 13.1. The average molecular weight is 392 g/mol. The van der Waals surface area contributed by atoms with Crippen molar-refractivity contribution in [3.8, 4) is 0 Å². The fourth-order valence-electron chi connectivity index (χ4n) is 2.46. The van der Waals surface area contributed by atoms with Crippen LogP contribution >= 0.6 is 11.3 Å². The number of rotatable bonds is 8. The summed E-state index contributed by atoms with van der Waals surface area (Å²) in [6, 6.07) is 5.35. The summed E-state index contributed by atoms with van der Waals surface area (Å²) in [6.45, 7) is 4.96. The summed E-state index contributed by atoms with van der Waals surface area (Å²) in [4.78, 5) is 34.0. The van der Waals surface area contributed by atoms with E-state index >= 15 is 0 Å². The molecule has 0 bridgehead atoms. The molecule has 0 radical (unpaired) electrons. The van der Waals surface area contributed by atoms with Gasteiger partial charge in [0, 0.05) is 17.0 Å². The number of halogens is 1. The molecule has 0 spiro atoms. The Kier molecular flexibility index (Phi) is 7.44. The molecule has 2 amide bonds. The van der Waals surface area contributed by atoms with Crippen molar-refractivity contribution >= 4 is 28.3 Å². The van der Waals surface area contributed by atoms with Crippen molar-refractivity contribution in [2.24, 2.45) is 0 Å². The van der Waals surface area contributed by atoms with Gasteiger partial charge >= 0.3 is 0 Å². The largest absolute Gasteiger partial charge is 0.329 e. The molecular weight excluding hydrogens is 367 g/mol. The van der Waals surface area contributed by atoms with Crippen molar-refractivity contribution in [3.63, 3.8) is 0 Å². The predicted octanol–water partition coefficient (Wildman–Crippen LogP) is 2.93. The number of aryl methyl sites for hydroxylation is 2. The second kappa shape index (κ2) is 9.57. The normalized spacial score (nSPS) is 10.9. The van der Waals surface area contributed by atoms with Crippen molar-refractivity contribution in [2.45, 2.75) is 20.3 Å². The van der Waals surface area contributed by atoms with Crippen molar-refractivity contribution < 1.29 is 14.0 Å². The number of hydrogen-bond acceptors (Lipinski definition) is 5. The summed E-state index contributed by atoms with van der Waals surface area (Å²) in [5, 5.41) is 3.28. The van der Waals surface area contributed by atoms with E-state index in [1.54, 1.807) is 0 Å². The van der Waals surface area contributed by atoms with Crippen LogP contribution in [0.2, 0.25) is 0 Å². The van der Waals surface area contributed by atoms with E-state index in [-0.39, 0.29) is 18.4 Å². The molecule has 6 nitrogen and oxygen atoms in total. The van der Waals surface area contributed by atoms with E-state index < -0.39 is 5.82 Å². The Morgan fingerprint density at radius 2 is 1.81 bits per heavy atom. The minimum Gasteiger partial charge on any atom is -0.329 e. The molecule has 0 atom stereocenters. The minimum atomic E-state index is -0.405. The number of anilines is 1. The first-order valence-electron chi connectivity index (χ1n) is 8.69. The molecule has 0 fully saturated rings. The molecule has 1 heterocycles. The van der Waals surface area contributed by atoms with Crippen LogP contribution in [0.5, 0.6) is 0 Å². The maximum atomic E-state index is 13.1. The third kappa shape index (κ3) is 6.41. The predicted molar refractivity (Wildman–Crippen MR) is 106 cm³/mol. The molecule has 146 valence electrons. The molecule has 0 aliphatic carbocycles. The van der Waals surface area contributed by atoms with E-state index in [1.165, 1.54) is 40.5 Å². The Labute approximate surface area is 163 Å². The SMILES string of the molecule is Cc1nc(NC(=O)CN(CCCN(C)C)C(=O)c2ccc(F)cc2)sc1C. The summed E-state index contributed by atoms with van der Waals surface area (Å²) >= 11 is 1.40. The molecule has 1 aromatic carbocycles. The highest BCUT2D eigenvalue weighted by atomic mass is 32.1. The first-order chi connectivity index (χ1) is 12.8. The molecule has 0 aliphatic heterocycles. The van der Waals surface area contributed by atoms with E-state index in [9.17, 15) is 14.0 Å². The summed E-state index contributed by atoms with van der Waals surface area (Å²) in [5.41, 5.74) is 1.23. The lowest BCUT2D eigenvalue weighted by molar-refractivity contribution is -0.116. The number of benzene rings is 1. The topological polar surface area (TPSA) is 65.5 Å². The second-order valence-electron chi connectivity index (χ2n) is 6.60. The molecule has 2 rings (SSSR count). The van der Waals surface area contributed by atoms with E-state index in [0.29, 0.717) is 17.2 Å². The zero-order valence-electron chi connectivity index (χ0n) is 16.1. The van der Waals surface area contributed by atoms with Crippen LogP contribution in [0.1, 0.15) is 27.3 Å². The highest BCUT2D eigenvalue weighted by Crippen LogP contribution is 2.21. The van der Waals surface area contributed by atoms with E-state index in [1.807, 2.05) is 32.8 Å². The summed E-state index contributed by atoms with van der Waals surface area (Å²) in [7, 11) is 3.90. The molecule has 0 saturated carbocycles. The van der Waals surface area contributed by atoms with Crippen LogP contribution in [0.3, 0.4) is 0 Å². The number of carbonyl (C=O) groups excluding carboxylic acids is 2. The maximum absolute atomic E-state index is 13.1. The van der Waals surface area contributed by atoms with E-state index in [4.69, 9.17) is 0 Å². The van der Waals surface area contributed by atoms with E-state index in [0.717, 1.165) is 23.5 Å². The Bertz CT molecular complexity index is 770. The van der Waals surface area contributed by atoms with Crippen LogP contribution in [0.25, 0.3) is 0 Å². The standard InChI is InChI=1S/C19H25FN4O2S/c1-13-14(2)27-19(21-13)22-17(25)12-24(11-5-10-23(3)4)18(26)15-6-8-16(20)9-7-15/h6-9H,5,10-12H2,1-4H3,(H,21,22,25). The first kappa shape index (κ1) is 21.0. The molecule has 1 aromatic heterocycles. The van der Waals surface area contributed by atoms with Gasteiger partial charge in [0.2, 0.25) is 5.91 Å². The maximum Gasteiger partial charge on any atom is 0.254 e. The van der Waals surface area contributed by atoms with Crippen LogP contribution < -0.4 is 5.32 Å². The number of thiazole rings is 1. The smallest absolute Gasteiger partial charge is 0.254 e. The number of amides is 2. The van der Waals surface area contributed by atoms with Crippen molar-refractivity contribution in [2.75, 3.05) is 39.0 Å². The van der Waals surface area contributed by atoms with E-state index in [2.05, 4.69) is 10.3 Å². The van der Waals surface area contributed by atoms with Gasteiger partial charge in [0.05, 0.1) is 5.69 Å². The van der Waals surface area contributed by atoms with Gasteiger partial charge in [0.25, 0.3) is 5.91 Å². The average Bonchev–Trinajstić information content (AvgIpc) is 2.91. The number of carbonyl (C=O) groups is 2. The number of aromatic nitrogens is 1. The van der Waals surface area contributed by atoms with Crippen LogP contribution in [0.4, 0.5) is 9.52 Å². The van der Waals surface area contributed by atoms with Crippen molar-refractivity contribution in [3.05, 3.63) is 46.2 Å². The Morgan fingerprint density at radius 3 is 2.37 bits per heavy atom. The Balaban J connectivity index is 2.07. The molecule has 8 heteroatoms. The highest BCUT2D eigenvalue weighted by molar-refractivity contribution is 7.15. The van der Waals surface area contributed by atoms with Crippen LogP contribution in [0, 0.1) is 19.7 Å². The monoisotopic (exact) mass is 392 g/mol. The van der Waals surface area contributed by atoms with Crippen molar-refractivity contribution in [1.82, 2.24) is 14.8 Å². The van der Waals surface area contributed by atoms with Gasteiger partial charge in [-0.2, -0.15) is 0 Å². The van der Waals surface area contributed by atoms with Gasteiger partial charge in [-0.25, -0.2) is 9.37 Å². The van der Waals surface area contributed by atoms with Crippen molar-refractivity contribution in [1.29, 1.82) is 0 Å². The van der Waals surface area contributed by atoms with Gasteiger partial charge in [0.1, 0.15) is 12.4 Å². The molecule has 1 N–H and O–H groups in total. The fraction of sp³-hybridized carbons (Fsp3) is 0.421. The Morgan fingerprint density at radius 1 is 1.15 bits per heavy atom. The summed E-state index contributed by atoms with van der Waals surface area (Å²) in [6.07, 6.45) is 0.725. The van der Waals surface area contributed by atoms with Crippen LogP contribution in [-0.2, 0) is 4.79 Å². The van der Waals surface area contributed by atoms with Gasteiger partial charge in [-0.15, -0.1) is 11.3 Å². The van der Waals surface area contributed by atoms with Crippen LogP contribution in [0.15, 0.2) is 24.3 Å². The minimum absolute atomic E-state index is 0.0820. The molecule has 0 aliphatic rings. The van der Waals surface area contributed by atoms with Gasteiger partial charge in [-0.1, -0.05) is 0 Å². The zero-order chi connectivity index (χ0) is 20.0. The third-order valence-electron chi connectivity index (χ3n) is 4.02. The quantitative estimate of drug-likeness (QED) is 0.750. The second-order valence-corrected chi connectivity index (χ2v) is 7.80. The third-order valence-corrected chi connectivity index (χ3v) is 5.01. The van der Waals surface area contributed by atoms with Gasteiger partial charge in [-0.05, 0) is 65.2 Å². The zero-order valence-corrected chi connectivity index (χ0v) is 16.9. The lowest BCUT2D eigenvalue weighted by Crippen LogP contribution is -2.39. The van der Waals surface area contributed by atoms with Gasteiger partial charge in [0.15, 0.2) is 5.13 Å². The molecule has 0 unspecified atom stereocenters. The number of nitrogens with one attached hydrogen (secondary N) is 1. The lowest BCUT2D eigenvalue weighted by atomic mass is 10.2. The number of nitrogens with zero attached hydrogens (tertiary/aromatic N) is 3. The van der Waals surface area contributed by atoms with Gasteiger partial charge in [-0.3, -0.25) is 9.59 Å². The Hall–Kier alpha value is -2.32. The molecular formula is C19H25FN4O2S.